The molecule has 1 amide bonds. The molecule has 0 aliphatic carbocycles. The standard InChI is InChI=1S/C21H26Cl2N2O5S.CH4/c1-4-24(5-2)21(27)30-14-15(3)25(20-12-18(23)7-6-16(20)13-26)31(28,29)19-10-8-17(22)9-11-19;/h6-12,15,26H,4-5,13-14H2,1-3H3;1H4/t15-;/m1./s1. The van der Waals surface area contributed by atoms with Crippen LogP contribution in [0.4, 0.5) is 10.5 Å². The van der Waals surface area contributed by atoms with Gasteiger partial charge in [-0.15, -0.1) is 0 Å². The maximum atomic E-state index is 13.6. The van der Waals surface area contributed by atoms with Gasteiger partial charge < -0.3 is 14.7 Å². The zero-order valence-electron chi connectivity index (χ0n) is 17.6. The van der Waals surface area contributed by atoms with Crippen LogP contribution < -0.4 is 4.31 Å². The van der Waals surface area contributed by atoms with Gasteiger partial charge in [0.1, 0.15) is 6.61 Å². The Labute approximate surface area is 200 Å². The number of sulfonamides is 1. The van der Waals surface area contributed by atoms with Gasteiger partial charge in [-0.1, -0.05) is 36.7 Å². The number of anilines is 1. The zero-order valence-corrected chi connectivity index (χ0v) is 19.9. The van der Waals surface area contributed by atoms with Crippen LogP contribution in [-0.4, -0.2) is 50.3 Å². The van der Waals surface area contributed by atoms with E-state index in [4.69, 9.17) is 27.9 Å². The lowest BCUT2D eigenvalue weighted by Gasteiger charge is -2.32. The van der Waals surface area contributed by atoms with Crippen LogP contribution in [0, 0.1) is 0 Å². The molecule has 0 saturated heterocycles. The van der Waals surface area contributed by atoms with Gasteiger partial charge in [0, 0.05) is 28.7 Å². The van der Waals surface area contributed by atoms with Crippen molar-refractivity contribution < 1.29 is 23.1 Å². The Morgan fingerprint density at radius 3 is 2.16 bits per heavy atom. The summed E-state index contributed by atoms with van der Waals surface area (Å²) in [5.41, 5.74) is 0.570. The van der Waals surface area contributed by atoms with Gasteiger partial charge in [-0.2, -0.15) is 0 Å². The molecule has 0 aliphatic rings. The van der Waals surface area contributed by atoms with E-state index in [9.17, 15) is 18.3 Å². The molecule has 0 saturated carbocycles. The Hall–Kier alpha value is -2.00. The lowest BCUT2D eigenvalue weighted by Crippen LogP contribution is -2.43. The largest absolute Gasteiger partial charge is 0.447 e. The summed E-state index contributed by atoms with van der Waals surface area (Å²) < 4.78 is 33.6. The Kier molecular flexibility index (Phi) is 10.8. The molecule has 0 aliphatic heterocycles. The van der Waals surface area contributed by atoms with Gasteiger partial charge in [-0.25, -0.2) is 13.2 Å². The number of hydrogen-bond donors (Lipinski definition) is 1. The fourth-order valence-electron chi connectivity index (χ4n) is 3.03. The molecular formula is C22H30Cl2N2O5S. The van der Waals surface area contributed by atoms with Crippen molar-refractivity contribution in [1.82, 2.24) is 4.90 Å². The maximum absolute atomic E-state index is 13.6. The fraction of sp³-hybridized carbons (Fsp3) is 0.409. The van der Waals surface area contributed by atoms with E-state index in [0.717, 1.165) is 4.31 Å². The Morgan fingerprint density at radius 2 is 1.62 bits per heavy atom. The van der Waals surface area contributed by atoms with Crippen molar-refractivity contribution in [2.75, 3.05) is 24.0 Å². The summed E-state index contributed by atoms with van der Waals surface area (Å²) in [7, 11) is -4.10. The first-order valence-corrected chi connectivity index (χ1v) is 12.0. The molecule has 7 nitrogen and oxygen atoms in total. The molecule has 32 heavy (non-hydrogen) atoms. The van der Waals surface area contributed by atoms with Gasteiger partial charge in [0.15, 0.2) is 0 Å². The number of aliphatic hydroxyl groups is 1. The van der Waals surface area contributed by atoms with Crippen LogP contribution in [-0.2, 0) is 21.4 Å². The van der Waals surface area contributed by atoms with Crippen LogP contribution in [0.25, 0.3) is 0 Å². The number of hydrogen-bond acceptors (Lipinski definition) is 5. The summed E-state index contributed by atoms with van der Waals surface area (Å²) in [4.78, 5) is 13.8. The van der Waals surface area contributed by atoms with Crippen molar-refractivity contribution in [3.63, 3.8) is 0 Å². The first-order valence-electron chi connectivity index (χ1n) is 9.76. The minimum absolute atomic E-state index is 0. The molecule has 2 rings (SSSR count). The average molecular weight is 505 g/mol. The van der Waals surface area contributed by atoms with Crippen molar-refractivity contribution in [3.8, 4) is 0 Å². The van der Waals surface area contributed by atoms with Gasteiger partial charge in [0.05, 0.1) is 23.2 Å². The molecule has 10 heteroatoms. The lowest BCUT2D eigenvalue weighted by molar-refractivity contribution is 0.102. The highest BCUT2D eigenvalue weighted by Gasteiger charge is 2.32. The molecule has 0 aromatic heterocycles. The predicted molar refractivity (Wildman–Crippen MR) is 129 cm³/mol. The third-order valence-electron chi connectivity index (χ3n) is 4.70. The number of halogens is 2. The molecule has 1 N–H and O–H groups in total. The van der Waals surface area contributed by atoms with Crippen molar-refractivity contribution in [2.45, 2.75) is 45.7 Å². The van der Waals surface area contributed by atoms with Gasteiger partial charge >= 0.3 is 6.09 Å². The minimum Gasteiger partial charge on any atom is -0.447 e. The Balaban J connectivity index is 0.00000512. The molecular weight excluding hydrogens is 475 g/mol. The van der Waals surface area contributed by atoms with Crippen LogP contribution in [0.1, 0.15) is 33.8 Å². The minimum atomic E-state index is -4.10. The number of carbonyl (C=O) groups excluding carboxylic acids is 1. The van der Waals surface area contributed by atoms with E-state index >= 15 is 0 Å². The molecule has 2 aromatic carbocycles. The maximum Gasteiger partial charge on any atom is 0.409 e. The summed E-state index contributed by atoms with van der Waals surface area (Å²) in [5, 5.41) is 10.5. The summed E-state index contributed by atoms with van der Waals surface area (Å²) in [6.45, 7) is 5.62. The molecule has 178 valence electrons. The molecule has 1 atom stereocenters. The first kappa shape index (κ1) is 28.0. The van der Waals surface area contributed by atoms with Crippen LogP contribution in [0.5, 0.6) is 0 Å². The number of ether oxygens (including phenoxy) is 1. The lowest BCUT2D eigenvalue weighted by atomic mass is 10.1. The molecule has 0 bridgehead atoms. The van der Waals surface area contributed by atoms with E-state index in [2.05, 4.69) is 0 Å². The van der Waals surface area contributed by atoms with Crippen molar-refractivity contribution in [1.29, 1.82) is 0 Å². The normalized spacial score (nSPS) is 11.9. The topological polar surface area (TPSA) is 87.2 Å². The number of aliphatic hydroxyl groups excluding tert-OH is 1. The predicted octanol–water partition coefficient (Wildman–Crippen LogP) is 5.18. The van der Waals surface area contributed by atoms with Gasteiger partial charge in [0.25, 0.3) is 10.0 Å². The van der Waals surface area contributed by atoms with E-state index < -0.39 is 28.8 Å². The SMILES string of the molecule is C.CCN(CC)C(=O)OC[C@@H](C)N(c1cc(Cl)ccc1CO)S(=O)(=O)c1ccc(Cl)cc1. The molecule has 0 heterocycles. The highest BCUT2D eigenvalue weighted by Crippen LogP contribution is 2.32. The number of benzene rings is 2. The van der Waals surface area contributed by atoms with Crippen LogP contribution >= 0.6 is 23.2 Å². The van der Waals surface area contributed by atoms with E-state index in [-0.39, 0.29) is 24.6 Å². The third-order valence-corrected chi connectivity index (χ3v) is 7.12. The van der Waals surface area contributed by atoms with E-state index in [1.807, 2.05) is 13.8 Å². The van der Waals surface area contributed by atoms with Crippen LogP contribution in [0.2, 0.25) is 10.0 Å². The van der Waals surface area contributed by atoms with Gasteiger partial charge in [0.2, 0.25) is 0 Å². The monoisotopic (exact) mass is 504 g/mol. The molecule has 0 fully saturated rings. The molecule has 0 radical (unpaired) electrons. The van der Waals surface area contributed by atoms with Gasteiger partial charge in [-0.05, 0) is 57.2 Å². The van der Waals surface area contributed by atoms with Crippen molar-refractivity contribution in [2.24, 2.45) is 0 Å². The summed E-state index contributed by atoms with van der Waals surface area (Å²) in [6.07, 6.45) is -0.533. The zero-order chi connectivity index (χ0) is 23.2. The fourth-order valence-corrected chi connectivity index (χ4v) is 5.00. The van der Waals surface area contributed by atoms with Crippen LogP contribution in [0.15, 0.2) is 47.4 Å². The van der Waals surface area contributed by atoms with E-state index in [1.54, 1.807) is 19.1 Å². The smallest absolute Gasteiger partial charge is 0.409 e. The second-order valence-electron chi connectivity index (χ2n) is 6.78. The molecule has 2 aromatic rings. The summed E-state index contributed by atoms with van der Waals surface area (Å²) in [6, 6.07) is 9.52. The van der Waals surface area contributed by atoms with Crippen molar-refractivity contribution >= 4 is 45.0 Å². The molecule has 0 spiro atoms. The Morgan fingerprint density at radius 1 is 1.06 bits per heavy atom. The number of carbonyl (C=O) groups is 1. The van der Waals surface area contributed by atoms with E-state index in [0.29, 0.717) is 28.7 Å². The molecule has 0 unspecified atom stereocenters. The number of rotatable bonds is 9. The van der Waals surface area contributed by atoms with Gasteiger partial charge in [-0.3, -0.25) is 4.31 Å². The number of nitrogens with zero attached hydrogens (tertiary/aromatic N) is 2. The Bertz CT molecular complexity index is 996. The first-order chi connectivity index (χ1) is 14.6. The second kappa shape index (κ2) is 12.3. The average Bonchev–Trinajstić information content (AvgIpc) is 2.73. The highest BCUT2D eigenvalue weighted by atomic mass is 35.5. The van der Waals surface area contributed by atoms with Crippen LogP contribution in [0.3, 0.4) is 0 Å². The number of amides is 1. The summed E-state index contributed by atoms with van der Waals surface area (Å²) >= 11 is 12.0. The third kappa shape index (κ3) is 6.51. The van der Waals surface area contributed by atoms with Crippen molar-refractivity contribution in [3.05, 3.63) is 58.1 Å². The highest BCUT2D eigenvalue weighted by molar-refractivity contribution is 7.92. The quantitative estimate of drug-likeness (QED) is 0.507. The second-order valence-corrected chi connectivity index (χ2v) is 9.47. The van der Waals surface area contributed by atoms with E-state index in [1.165, 1.54) is 35.2 Å². The summed E-state index contributed by atoms with van der Waals surface area (Å²) in [5.74, 6) is 0.